The SMILES string of the molecule is CCCC[PH](CCCC)(OC)c1ccccc1. The molecule has 0 unspecified atom stereocenters. The number of rotatable bonds is 8. The van der Waals surface area contributed by atoms with Crippen LogP contribution in [0.15, 0.2) is 30.3 Å². The monoisotopic (exact) mass is 254 g/mol. The molecule has 1 rings (SSSR count). The first-order valence-electron chi connectivity index (χ1n) is 6.89. The van der Waals surface area contributed by atoms with Gasteiger partial charge in [-0.05, 0) is 0 Å². The molecular formula is C15H27OP. The van der Waals surface area contributed by atoms with Crippen LogP contribution in [-0.2, 0) is 4.52 Å². The van der Waals surface area contributed by atoms with E-state index in [9.17, 15) is 0 Å². The molecule has 0 aromatic heterocycles. The first-order valence-corrected chi connectivity index (χ1v) is 9.22. The predicted molar refractivity (Wildman–Crippen MR) is 81.0 cm³/mol. The molecule has 0 saturated heterocycles. The summed E-state index contributed by atoms with van der Waals surface area (Å²) in [6.07, 6.45) is 7.64. The van der Waals surface area contributed by atoms with Gasteiger partial charge in [-0.15, -0.1) is 0 Å². The van der Waals surface area contributed by atoms with Gasteiger partial charge in [-0.3, -0.25) is 0 Å². The van der Waals surface area contributed by atoms with Crippen molar-refractivity contribution in [1.82, 2.24) is 0 Å². The van der Waals surface area contributed by atoms with Gasteiger partial charge in [0.25, 0.3) is 0 Å². The summed E-state index contributed by atoms with van der Waals surface area (Å²) in [6, 6.07) is 10.9. The van der Waals surface area contributed by atoms with E-state index in [1.54, 1.807) is 0 Å². The first-order chi connectivity index (χ1) is 8.29. The average molecular weight is 254 g/mol. The van der Waals surface area contributed by atoms with Gasteiger partial charge in [0.1, 0.15) is 0 Å². The van der Waals surface area contributed by atoms with Gasteiger partial charge in [-0.2, -0.15) is 0 Å². The Morgan fingerprint density at radius 3 is 1.88 bits per heavy atom. The van der Waals surface area contributed by atoms with E-state index in [0.717, 1.165) is 0 Å². The quantitative estimate of drug-likeness (QED) is 0.631. The zero-order valence-electron chi connectivity index (χ0n) is 11.5. The second kappa shape index (κ2) is 7.84. The van der Waals surface area contributed by atoms with Crippen LogP contribution in [0, 0.1) is 0 Å². The Bertz CT molecular complexity index is 289. The number of hydrogen-bond donors (Lipinski definition) is 0. The van der Waals surface area contributed by atoms with Gasteiger partial charge in [0.05, 0.1) is 0 Å². The van der Waals surface area contributed by atoms with Crippen LogP contribution in [0.5, 0.6) is 0 Å². The molecule has 0 aliphatic rings. The third-order valence-corrected chi connectivity index (χ3v) is 8.05. The second-order valence-electron chi connectivity index (χ2n) is 4.77. The van der Waals surface area contributed by atoms with Crippen LogP contribution in [0.4, 0.5) is 0 Å². The molecule has 0 saturated carbocycles. The summed E-state index contributed by atoms with van der Waals surface area (Å²) in [6.45, 7) is 4.53. The Balaban J connectivity index is 2.89. The molecule has 98 valence electrons. The average Bonchev–Trinajstić information content (AvgIpc) is 2.41. The van der Waals surface area contributed by atoms with Crippen LogP contribution < -0.4 is 5.30 Å². The van der Waals surface area contributed by atoms with Crippen molar-refractivity contribution in [2.24, 2.45) is 0 Å². The zero-order chi connectivity index (χ0) is 12.6. The minimum atomic E-state index is -1.69. The van der Waals surface area contributed by atoms with Gasteiger partial charge < -0.3 is 0 Å². The van der Waals surface area contributed by atoms with Crippen molar-refractivity contribution in [3.8, 4) is 0 Å². The van der Waals surface area contributed by atoms with Crippen molar-refractivity contribution in [1.29, 1.82) is 0 Å². The van der Waals surface area contributed by atoms with E-state index in [1.165, 1.54) is 43.3 Å². The standard InChI is InChI=1S/C15H27OP/c1-4-6-13-17(16-3,14-7-5-2)15-11-9-8-10-12-15/h8-12,17H,4-7,13-14H2,1-3H3. The molecule has 0 heterocycles. The fourth-order valence-electron chi connectivity index (χ4n) is 2.40. The van der Waals surface area contributed by atoms with Gasteiger partial charge in [0.15, 0.2) is 0 Å². The maximum absolute atomic E-state index is 6.07. The molecule has 0 atom stereocenters. The third kappa shape index (κ3) is 4.08. The van der Waals surface area contributed by atoms with Crippen LogP contribution in [-0.4, -0.2) is 19.4 Å². The molecule has 0 bridgehead atoms. The van der Waals surface area contributed by atoms with Crippen molar-refractivity contribution in [3.05, 3.63) is 30.3 Å². The Morgan fingerprint density at radius 1 is 0.941 bits per heavy atom. The maximum atomic E-state index is 6.07. The van der Waals surface area contributed by atoms with Crippen LogP contribution in [0.3, 0.4) is 0 Å². The molecule has 0 aliphatic heterocycles. The van der Waals surface area contributed by atoms with Crippen molar-refractivity contribution in [3.63, 3.8) is 0 Å². The van der Waals surface area contributed by atoms with Gasteiger partial charge >= 0.3 is 107 Å². The van der Waals surface area contributed by atoms with E-state index >= 15 is 0 Å². The summed E-state index contributed by atoms with van der Waals surface area (Å²) >= 11 is 0. The molecule has 17 heavy (non-hydrogen) atoms. The van der Waals surface area contributed by atoms with E-state index in [4.69, 9.17) is 4.52 Å². The summed E-state index contributed by atoms with van der Waals surface area (Å²) in [4.78, 5) is 0. The van der Waals surface area contributed by atoms with E-state index in [1.807, 2.05) is 7.11 Å². The molecule has 0 aliphatic carbocycles. The first kappa shape index (κ1) is 14.7. The molecule has 0 amide bonds. The normalized spacial score (nSPS) is 12.6. The van der Waals surface area contributed by atoms with Crippen LogP contribution in [0.2, 0.25) is 0 Å². The topological polar surface area (TPSA) is 9.23 Å². The Hall–Kier alpha value is -0.390. The van der Waals surface area contributed by atoms with E-state index in [0.29, 0.717) is 0 Å². The molecule has 1 aromatic carbocycles. The van der Waals surface area contributed by atoms with Crippen molar-refractivity contribution in [2.45, 2.75) is 39.5 Å². The third-order valence-electron chi connectivity index (χ3n) is 3.56. The van der Waals surface area contributed by atoms with E-state index in [2.05, 4.69) is 44.2 Å². The summed E-state index contributed by atoms with van der Waals surface area (Å²) in [5, 5.41) is 1.48. The molecule has 1 aromatic rings. The van der Waals surface area contributed by atoms with Gasteiger partial charge in [-0.25, -0.2) is 0 Å². The zero-order valence-corrected chi connectivity index (χ0v) is 12.5. The van der Waals surface area contributed by atoms with Crippen LogP contribution >= 0.6 is 7.49 Å². The van der Waals surface area contributed by atoms with E-state index < -0.39 is 7.49 Å². The molecular weight excluding hydrogens is 227 g/mol. The molecule has 0 radical (unpaired) electrons. The Morgan fingerprint density at radius 2 is 1.47 bits per heavy atom. The Kier molecular flexibility index (Phi) is 6.77. The number of hydrogen-bond acceptors (Lipinski definition) is 1. The van der Waals surface area contributed by atoms with E-state index in [-0.39, 0.29) is 0 Å². The molecule has 2 heteroatoms. The molecule has 0 N–H and O–H groups in total. The van der Waals surface area contributed by atoms with Crippen molar-refractivity contribution >= 4 is 12.8 Å². The Labute approximate surface area is 107 Å². The number of benzene rings is 1. The molecule has 1 nitrogen and oxygen atoms in total. The molecule has 0 spiro atoms. The van der Waals surface area contributed by atoms with Gasteiger partial charge in [0, 0.05) is 0 Å². The summed E-state index contributed by atoms with van der Waals surface area (Å²) in [5.41, 5.74) is 0. The van der Waals surface area contributed by atoms with Crippen LogP contribution in [0.25, 0.3) is 0 Å². The van der Waals surface area contributed by atoms with Gasteiger partial charge in [0.2, 0.25) is 0 Å². The minimum absolute atomic E-state index is 1.26. The van der Waals surface area contributed by atoms with Crippen molar-refractivity contribution < 1.29 is 4.52 Å². The molecule has 0 fully saturated rings. The summed E-state index contributed by atoms with van der Waals surface area (Å²) < 4.78 is 6.07. The fraction of sp³-hybridized carbons (Fsp3) is 0.600. The summed E-state index contributed by atoms with van der Waals surface area (Å²) in [7, 11) is 0.234. The number of unbranched alkanes of at least 4 members (excludes halogenated alkanes) is 2. The van der Waals surface area contributed by atoms with Crippen molar-refractivity contribution in [2.75, 3.05) is 19.4 Å². The van der Waals surface area contributed by atoms with Gasteiger partial charge in [-0.1, -0.05) is 0 Å². The van der Waals surface area contributed by atoms with Crippen LogP contribution in [0.1, 0.15) is 39.5 Å². The predicted octanol–water partition coefficient (Wildman–Crippen LogP) is 4.22. The second-order valence-corrected chi connectivity index (χ2v) is 8.75. The summed E-state index contributed by atoms with van der Waals surface area (Å²) in [5.74, 6) is 0. The fourth-order valence-corrected chi connectivity index (χ4v) is 6.52.